The van der Waals surface area contributed by atoms with Crippen LogP contribution in [0.25, 0.3) is 0 Å². The van der Waals surface area contributed by atoms with Crippen molar-refractivity contribution in [3.8, 4) is 0 Å². The number of hydrogen-bond acceptors (Lipinski definition) is 4. The molecule has 1 radical (unpaired) electrons. The van der Waals surface area contributed by atoms with Crippen LogP contribution in [0.5, 0.6) is 0 Å². The van der Waals surface area contributed by atoms with Crippen LogP contribution in [0.15, 0.2) is 0 Å². The van der Waals surface area contributed by atoms with Crippen LogP contribution in [0.1, 0.15) is 0 Å². The molecule has 0 bridgehead atoms. The van der Waals surface area contributed by atoms with E-state index in [0.29, 0.717) is 0 Å². The molecule has 3 N–H and O–H groups in total. The molecule has 0 aromatic rings. The molecular formula is CH3CrMgO5+2. The summed E-state index contributed by atoms with van der Waals surface area (Å²) >= 11 is 0. The van der Waals surface area contributed by atoms with E-state index >= 15 is 0 Å². The van der Waals surface area contributed by atoms with Gasteiger partial charge in [-0.3, -0.25) is 0 Å². The van der Waals surface area contributed by atoms with E-state index in [1.165, 1.54) is 0 Å². The van der Waals surface area contributed by atoms with E-state index in [0.717, 1.165) is 0 Å². The third-order valence-electron chi connectivity index (χ3n) is 0. The summed E-state index contributed by atoms with van der Waals surface area (Å²) in [5.41, 5.74) is 0. The summed E-state index contributed by atoms with van der Waals surface area (Å²) in [6, 6.07) is 0. The van der Waals surface area contributed by atoms with E-state index in [-0.39, 0.29) is 51.4 Å². The molecule has 0 atom stereocenters. The zero-order chi connectivity index (χ0) is 3.58. The van der Waals surface area contributed by atoms with Crippen molar-refractivity contribution < 1.29 is 43.3 Å². The minimum atomic E-state index is -2.33. The van der Waals surface area contributed by atoms with Crippen LogP contribution in [0, 0.1) is 0 Å². The first kappa shape index (κ1) is 39.1. The van der Waals surface area contributed by atoms with Gasteiger partial charge in [-0.2, -0.15) is 0 Å². The van der Waals surface area contributed by atoms with Crippen LogP contribution in [0.4, 0.5) is 4.79 Å². The Labute approximate surface area is 72.6 Å². The summed E-state index contributed by atoms with van der Waals surface area (Å²) in [7, 11) is 0. The second-order valence-corrected chi connectivity index (χ2v) is 0.250. The summed E-state index contributed by atoms with van der Waals surface area (Å²) < 4.78 is 0. The third kappa shape index (κ3) is 818. The molecule has 43 valence electrons. The van der Waals surface area contributed by atoms with E-state index in [9.17, 15) is 0 Å². The monoisotopic (exact) mass is 171 g/mol. The molecular weight excluding hydrogens is 168 g/mol. The molecule has 8 heavy (non-hydrogen) atoms. The minimum Gasteiger partial charge on any atom is -0.870 e. The first-order chi connectivity index (χ1) is 1.73. The maximum Gasteiger partial charge on any atom is 3.00 e. The molecule has 0 saturated carbocycles. The molecule has 0 aliphatic carbocycles. The number of carbonyl (C=O) groups excluding carboxylic acids is 1. The zero-order valence-electron chi connectivity index (χ0n) is 3.79. The van der Waals surface area contributed by atoms with Crippen molar-refractivity contribution >= 4 is 29.2 Å². The topological polar surface area (TPSA) is 125 Å². The van der Waals surface area contributed by atoms with Crippen LogP contribution in [-0.2, 0) is 17.4 Å². The average Bonchev–Trinajstić information content (AvgIpc) is 0.811. The van der Waals surface area contributed by atoms with Gasteiger partial charge in [0.15, 0.2) is 0 Å². The standard InChI is InChI=1S/CH2O3.Cr.Mg.2H2O/c2-1(3)4;;;;/h(H2,2,3,4);;;2*1H2/q;+3;+2;;/p-3. The van der Waals surface area contributed by atoms with Gasteiger partial charge in [-0.25, -0.2) is 0 Å². The Bertz CT molecular complexity index is 35.4. The summed E-state index contributed by atoms with van der Waals surface area (Å²) in [5, 5.41) is 16.7. The van der Waals surface area contributed by atoms with E-state index < -0.39 is 6.16 Å². The van der Waals surface area contributed by atoms with Crippen molar-refractivity contribution in [2.45, 2.75) is 0 Å². The fraction of sp³-hybridized carbons (Fsp3) is 0. The van der Waals surface area contributed by atoms with Crippen LogP contribution in [-0.4, -0.2) is 40.2 Å². The van der Waals surface area contributed by atoms with Gasteiger partial charge in [0, 0.05) is 0 Å². The maximum atomic E-state index is 8.33. The van der Waals surface area contributed by atoms with E-state index in [1.54, 1.807) is 0 Å². The van der Waals surface area contributed by atoms with Crippen LogP contribution in [0.2, 0.25) is 0 Å². The molecule has 7 heteroatoms. The molecule has 0 aliphatic heterocycles. The second kappa shape index (κ2) is 25.9. The molecule has 0 aliphatic rings. The predicted molar refractivity (Wildman–Crippen MR) is 16.7 cm³/mol. The number of carboxylic acid groups (broad SMARTS) is 2. The fourth-order valence-electron chi connectivity index (χ4n) is 0. The van der Waals surface area contributed by atoms with Gasteiger partial charge < -0.3 is 26.0 Å². The van der Waals surface area contributed by atoms with Crippen molar-refractivity contribution in [1.82, 2.24) is 0 Å². The molecule has 0 spiro atoms. The van der Waals surface area contributed by atoms with E-state index in [2.05, 4.69) is 0 Å². The summed E-state index contributed by atoms with van der Waals surface area (Å²) in [4.78, 5) is 8.33. The SMILES string of the molecule is O.O=C([O-])[O-].[Cr+3].[Mg+2].[OH-]. The first-order valence-electron chi connectivity index (χ1n) is 0.612. The fourth-order valence-corrected chi connectivity index (χ4v) is 0. The van der Waals surface area contributed by atoms with Gasteiger partial charge in [0.2, 0.25) is 0 Å². The Kier molecular flexibility index (Phi) is 127. The molecule has 0 aromatic carbocycles. The molecule has 0 fully saturated rings. The van der Waals surface area contributed by atoms with Gasteiger partial charge in [-0.05, 0) is 6.16 Å². The van der Waals surface area contributed by atoms with Crippen LogP contribution >= 0.6 is 0 Å². The summed E-state index contributed by atoms with van der Waals surface area (Å²) in [6.45, 7) is 0. The maximum absolute atomic E-state index is 8.33. The van der Waals surface area contributed by atoms with Gasteiger partial charge in [0.05, 0.1) is 0 Å². The Hall–Kier alpha value is 0.489. The van der Waals surface area contributed by atoms with Gasteiger partial charge in [-0.1, -0.05) is 0 Å². The molecule has 0 amide bonds. The smallest absolute Gasteiger partial charge is 0.870 e. The molecule has 0 unspecified atom stereocenters. The first-order valence-corrected chi connectivity index (χ1v) is 0.612. The predicted octanol–water partition coefficient (Wildman–Crippen LogP) is -3.83. The quantitative estimate of drug-likeness (QED) is 0.346. The van der Waals surface area contributed by atoms with Gasteiger partial charge in [-0.15, -0.1) is 0 Å². The average molecular weight is 171 g/mol. The van der Waals surface area contributed by atoms with E-state index in [1.807, 2.05) is 0 Å². The van der Waals surface area contributed by atoms with Crippen molar-refractivity contribution in [3.05, 3.63) is 0 Å². The zero-order valence-corrected chi connectivity index (χ0v) is 6.48. The second-order valence-electron chi connectivity index (χ2n) is 0.250. The van der Waals surface area contributed by atoms with Crippen molar-refractivity contribution in [1.29, 1.82) is 0 Å². The molecule has 5 nitrogen and oxygen atoms in total. The van der Waals surface area contributed by atoms with Crippen LogP contribution < -0.4 is 10.2 Å². The van der Waals surface area contributed by atoms with Gasteiger partial charge >= 0.3 is 40.4 Å². The molecule has 0 aromatic heterocycles. The normalized spacial score (nSPS) is 3.00. The Balaban J connectivity index is -0.00000000750. The Morgan fingerprint density at radius 2 is 1.25 bits per heavy atom. The minimum absolute atomic E-state index is 0. The third-order valence-corrected chi connectivity index (χ3v) is 0. The Morgan fingerprint density at radius 1 is 1.25 bits per heavy atom. The van der Waals surface area contributed by atoms with Crippen molar-refractivity contribution in [2.24, 2.45) is 0 Å². The summed E-state index contributed by atoms with van der Waals surface area (Å²) in [6.07, 6.45) is -2.33. The van der Waals surface area contributed by atoms with Gasteiger partial charge in [0.25, 0.3) is 0 Å². The Morgan fingerprint density at radius 3 is 1.25 bits per heavy atom. The van der Waals surface area contributed by atoms with Crippen molar-refractivity contribution in [3.63, 3.8) is 0 Å². The largest absolute Gasteiger partial charge is 3.00 e. The molecule has 0 heterocycles. The number of hydrogen-bond donors (Lipinski definition) is 0. The van der Waals surface area contributed by atoms with Crippen LogP contribution in [0.3, 0.4) is 0 Å². The molecule has 0 rings (SSSR count). The number of rotatable bonds is 0. The van der Waals surface area contributed by atoms with Crippen molar-refractivity contribution in [2.75, 3.05) is 0 Å². The molecule has 0 saturated heterocycles. The van der Waals surface area contributed by atoms with Gasteiger partial charge in [0.1, 0.15) is 0 Å². The number of carbonyl (C=O) groups is 1. The summed E-state index contributed by atoms with van der Waals surface area (Å²) in [5.74, 6) is 0. The van der Waals surface area contributed by atoms with E-state index in [4.69, 9.17) is 15.0 Å².